The van der Waals surface area contributed by atoms with E-state index in [2.05, 4.69) is 177 Å². The molecule has 0 fully saturated rings. The number of nitrogens with two attached hydrogens (primary N) is 1. The normalized spacial score (nSPS) is 14.4. The molecular formula is C109H170N4O2S4. The Morgan fingerprint density at radius 2 is 0.639 bits per heavy atom. The van der Waals surface area contributed by atoms with Gasteiger partial charge in [-0.05, 0) is 172 Å². The fourth-order valence-corrected chi connectivity index (χ4v) is 24.3. The highest BCUT2D eigenvalue weighted by Gasteiger charge is 2.50. The van der Waals surface area contributed by atoms with Gasteiger partial charge >= 0.3 is 0 Å². The second-order valence-electron chi connectivity index (χ2n) is 38.8. The Hall–Kier alpha value is -4.58. The zero-order chi connectivity index (χ0) is 84.8. The van der Waals surface area contributed by atoms with E-state index < -0.39 is 5.54 Å². The van der Waals surface area contributed by atoms with Gasteiger partial charge in [0.15, 0.2) is 0 Å². The number of fused-ring (bicyclic) bond motifs is 4. The molecule has 0 saturated carbocycles. The molecule has 7 aromatic rings. The van der Waals surface area contributed by atoms with Crippen LogP contribution in [0.4, 0.5) is 0 Å². The van der Waals surface area contributed by atoms with E-state index in [4.69, 9.17) is 5.73 Å². The average Bonchev–Trinajstić information content (AvgIpc) is 1.55. The van der Waals surface area contributed by atoms with Gasteiger partial charge in [0, 0.05) is 76.2 Å². The first-order valence-corrected chi connectivity index (χ1v) is 53.6. The van der Waals surface area contributed by atoms with Crippen molar-refractivity contribution in [2.45, 2.75) is 454 Å². The Bertz CT molecular complexity index is 4130. The monoisotopic (exact) mass is 1700 g/mol. The molecule has 2 N–H and O–H groups in total. The number of thiophene rings is 4. The minimum atomic E-state index is -0.465. The molecule has 119 heavy (non-hydrogen) atoms. The maximum atomic E-state index is 16.8. The molecule has 3 unspecified atom stereocenters. The summed E-state index contributed by atoms with van der Waals surface area (Å²) in [4.78, 5) is 48.1. The van der Waals surface area contributed by atoms with Gasteiger partial charge in [-0.1, -0.05) is 383 Å². The van der Waals surface area contributed by atoms with E-state index in [0.29, 0.717) is 42.0 Å². The van der Waals surface area contributed by atoms with Crippen molar-refractivity contribution in [2.75, 3.05) is 13.1 Å². The number of carbonyl (C=O) groups is 2. The largest absolute Gasteiger partial charge is 0.340 e. The van der Waals surface area contributed by atoms with Gasteiger partial charge in [-0.3, -0.25) is 9.59 Å². The maximum Gasteiger partial charge on any atom is 0.261 e. The minimum Gasteiger partial charge on any atom is -0.340 e. The Balaban J connectivity index is 1.17. The summed E-state index contributed by atoms with van der Waals surface area (Å²) in [7, 11) is 0. The van der Waals surface area contributed by atoms with Crippen molar-refractivity contribution in [3.63, 3.8) is 0 Å². The number of benzene rings is 2. The van der Waals surface area contributed by atoms with Crippen LogP contribution in [0.3, 0.4) is 0 Å². The lowest BCUT2D eigenvalue weighted by Crippen LogP contribution is -2.34. The molecule has 6 nitrogen and oxygen atoms in total. The molecule has 7 heterocycles. The number of aromatic nitrogens is 1. The van der Waals surface area contributed by atoms with E-state index in [-0.39, 0.29) is 17.2 Å². The molecule has 2 amide bonds. The third kappa shape index (κ3) is 29.8. The Morgan fingerprint density at radius 1 is 0.319 bits per heavy atom. The van der Waals surface area contributed by atoms with Gasteiger partial charge in [-0.15, -0.1) is 45.3 Å². The highest BCUT2D eigenvalue weighted by molar-refractivity contribution is 7.24. The molecule has 0 aliphatic carbocycles. The van der Waals surface area contributed by atoms with Crippen LogP contribution in [0.1, 0.15) is 455 Å². The van der Waals surface area contributed by atoms with E-state index in [1.807, 2.05) is 45.3 Å². The first-order chi connectivity index (χ1) is 57.9. The van der Waals surface area contributed by atoms with Gasteiger partial charge in [-0.2, -0.15) is 0 Å². The first kappa shape index (κ1) is 98.2. The average molecular weight is 1700 g/mol. The molecule has 662 valence electrons. The van der Waals surface area contributed by atoms with Crippen molar-refractivity contribution in [2.24, 2.45) is 23.5 Å². The number of amides is 2. The number of aryl methyl sites for hydroxylation is 2. The quantitative estimate of drug-likeness (QED) is 0.0386. The molecule has 10 heteroatoms. The van der Waals surface area contributed by atoms with Gasteiger partial charge in [-0.25, -0.2) is 0 Å². The summed E-state index contributed by atoms with van der Waals surface area (Å²) in [5.41, 5.74) is 17.8. The lowest BCUT2D eigenvalue weighted by atomic mass is 9.90. The maximum absolute atomic E-state index is 16.8. The predicted octanol–water partition coefficient (Wildman–Crippen LogP) is 35.7. The highest BCUT2D eigenvalue weighted by Crippen LogP contribution is 2.53. The molecule has 9 rings (SSSR count). The number of rotatable bonds is 66. The van der Waals surface area contributed by atoms with E-state index in [0.717, 1.165) is 72.6 Å². The molecule has 0 spiro atoms. The van der Waals surface area contributed by atoms with E-state index in [1.165, 1.54) is 375 Å². The van der Waals surface area contributed by atoms with Crippen molar-refractivity contribution in [1.29, 1.82) is 0 Å². The Morgan fingerprint density at radius 3 is 1.03 bits per heavy atom. The molecule has 2 aliphatic rings. The third-order valence-electron chi connectivity index (χ3n) is 26.7. The smallest absolute Gasteiger partial charge is 0.261 e. The van der Waals surface area contributed by atoms with Crippen molar-refractivity contribution >= 4 is 90.4 Å². The van der Waals surface area contributed by atoms with Crippen LogP contribution in [-0.2, 0) is 39.9 Å². The summed E-state index contributed by atoms with van der Waals surface area (Å²) in [6.45, 7) is 32.4. The van der Waals surface area contributed by atoms with Gasteiger partial charge in [0.2, 0.25) is 0 Å². The second-order valence-corrected chi connectivity index (χ2v) is 43.1. The number of hydrogen-bond donors (Lipinski definition) is 1. The van der Waals surface area contributed by atoms with Crippen LogP contribution in [0.15, 0.2) is 83.9 Å². The molecule has 2 aliphatic heterocycles. The second kappa shape index (κ2) is 53.0. The molecule has 3 atom stereocenters. The van der Waals surface area contributed by atoms with Gasteiger partial charge in [0.1, 0.15) is 0 Å². The number of carbonyl (C=O) groups excluding carboxylic acids is 2. The number of nitrogens with zero attached hydrogens (tertiary/aromatic N) is 3. The van der Waals surface area contributed by atoms with E-state index in [9.17, 15) is 0 Å². The summed E-state index contributed by atoms with van der Waals surface area (Å²) < 4.78 is 2.77. The molecule has 0 saturated heterocycles. The van der Waals surface area contributed by atoms with Gasteiger partial charge < -0.3 is 20.1 Å². The fraction of sp³-hybridized carbons (Fsp3) is 0.688. The van der Waals surface area contributed by atoms with Crippen LogP contribution in [0, 0.1) is 17.8 Å². The summed E-state index contributed by atoms with van der Waals surface area (Å²) in [6.07, 6.45) is 68.2. The summed E-state index contributed by atoms with van der Waals surface area (Å²) in [5.74, 6) is 1.37. The van der Waals surface area contributed by atoms with Crippen molar-refractivity contribution in [3.05, 3.63) is 115 Å². The number of hydrogen-bond acceptors (Lipinski definition) is 7. The predicted molar refractivity (Wildman–Crippen MR) is 530 cm³/mol. The molecular weight excluding hydrogens is 1530 g/mol. The molecule has 0 bridgehead atoms. The lowest BCUT2D eigenvalue weighted by Gasteiger charge is -2.29. The van der Waals surface area contributed by atoms with Gasteiger partial charge in [0.05, 0.1) is 32.3 Å². The van der Waals surface area contributed by atoms with E-state index in [1.54, 1.807) is 0 Å². The van der Waals surface area contributed by atoms with Crippen molar-refractivity contribution in [3.8, 4) is 29.9 Å². The van der Waals surface area contributed by atoms with Crippen LogP contribution in [-0.4, -0.2) is 39.3 Å². The zero-order valence-corrected chi connectivity index (χ0v) is 81.6. The van der Waals surface area contributed by atoms with Crippen LogP contribution in [0.5, 0.6) is 0 Å². The number of unbranched alkanes of at least 4 members (excludes halogenated alkanes) is 38. The van der Waals surface area contributed by atoms with Crippen molar-refractivity contribution in [1.82, 2.24) is 14.4 Å². The SMILES string of the molecule is CCCCCCCCCCCCC(CCCCCCCCCC)Cn1c2cc(-c3sc(-c4ccc(C5=C6C(=O)N(CC(CCCCCC)CCCCCCCC)C(c7ccc(-c8cc(CCCCCC)c(C(C)(C)C)s8)s7)=C6C(=O)N5CC(CCCCCC)CCCCCCCC)s4)cc3CCCCCC)ccc2c2ccc(C(C)(C)N)cc21. The zero-order valence-electron chi connectivity index (χ0n) is 78.3. The van der Waals surface area contributed by atoms with Crippen LogP contribution >= 0.6 is 45.3 Å². The van der Waals surface area contributed by atoms with Crippen LogP contribution in [0.25, 0.3) is 63.1 Å². The summed E-state index contributed by atoms with van der Waals surface area (Å²) in [5, 5.41) is 2.68. The van der Waals surface area contributed by atoms with E-state index >= 15 is 9.59 Å². The Kier molecular flexibility index (Phi) is 43.8. The van der Waals surface area contributed by atoms with Crippen molar-refractivity contribution < 1.29 is 9.59 Å². The Labute approximate surface area is 744 Å². The summed E-state index contributed by atoms with van der Waals surface area (Å²) >= 11 is 7.61. The third-order valence-corrected chi connectivity index (χ3v) is 32.1. The lowest BCUT2D eigenvalue weighted by molar-refractivity contribution is -0.124. The highest BCUT2D eigenvalue weighted by atomic mass is 32.1. The molecule has 5 aromatic heterocycles. The van der Waals surface area contributed by atoms with Crippen LogP contribution < -0.4 is 5.73 Å². The molecule has 0 radical (unpaired) electrons. The summed E-state index contributed by atoms with van der Waals surface area (Å²) in [6, 6.07) is 29.1. The minimum absolute atomic E-state index is 0.0294. The van der Waals surface area contributed by atoms with Crippen LogP contribution in [0.2, 0.25) is 0 Å². The molecule has 2 aromatic carbocycles. The standard InChI is InChI=1S/C109H170N4O2S4/c1-14-22-30-38-42-44-45-47-51-57-63-83(62-56-50-46-43-39-31-23-15-2)80-111-92-76-87(68-70-90(92)91-71-69-89(79-93(91)111)109(12,13)110)104-86(66-58-36-28-20-7)77-98(118-104)94-72-74-96(116-94)102-100-101(107(115)112(102)81-84(60-52-34-26-18-5)64-54-48-40-32-24-16-3)103(113(106(100)114)82-85(61-53-35-27-19-6)65-55-49-41-33-25-17-4)97-75-73-95(117-97)99-78-88(67-59-37-29-21-8)105(119-99)108(9,10)11/h68-79,83-85H,14-67,80-82,110H2,1-13H3. The fourth-order valence-electron chi connectivity index (χ4n) is 19.5. The van der Waals surface area contributed by atoms with Gasteiger partial charge in [0.25, 0.3) is 11.8 Å². The first-order valence-electron chi connectivity index (χ1n) is 50.4. The topological polar surface area (TPSA) is 71.6 Å².